The molecule has 0 fully saturated rings. The molecule has 2 aromatic rings. The molecular weight excluding hydrogens is 280 g/mol. The minimum atomic E-state index is 0.888. The van der Waals surface area contributed by atoms with E-state index in [9.17, 15) is 0 Å². The first-order chi connectivity index (χ1) is 8.36. The van der Waals surface area contributed by atoms with Gasteiger partial charge in [-0.15, -0.1) is 5.10 Å². The summed E-state index contributed by atoms with van der Waals surface area (Å²) in [6, 6.07) is 8.26. The van der Waals surface area contributed by atoms with Crippen molar-refractivity contribution in [3.8, 4) is 0 Å². The molecule has 0 aliphatic heterocycles. The molecule has 0 atom stereocenters. The molecule has 0 aliphatic rings. The van der Waals surface area contributed by atoms with Crippen LogP contribution in [0.15, 0.2) is 41.1 Å². The molecule has 0 spiro atoms. The molecule has 0 bridgehead atoms. The van der Waals surface area contributed by atoms with Crippen LogP contribution in [-0.4, -0.2) is 21.5 Å². The second-order valence-electron chi connectivity index (χ2n) is 3.79. The summed E-state index contributed by atoms with van der Waals surface area (Å²) in [6.45, 7) is 2.77. The summed E-state index contributed by atoms with van der Waals surface area (Å²) in [5.74, 6) is 0. The van der Waals surface area contributed by atoms with Gasteiger partial charge in [-0.25, -0.2) is 0 Å². The fourth-order valence-corrected chi connectivity index (χ4v) is 2.01. The number of hydrogen-bond donors (Lipinski definition) is 1. The van der Waals surface area contributed by atoms with E-state index in [4.69, 9.17) is 0 Å². The second kappa shape index (κ2) is 6.51. The lowest BCUT2D eigenvalue weighted by atomic mass is 10.2. The van der Waals surface area contributed by atoms with Crippen molar-refractivity contribution in [3.05, 3.63) is 46.7 Å². The molecule has 0 amide bonds. The molecule has 1 aromatic heterocycles. The average Bonchev–Trinajstić information content (AvgIpc) is 2.84. The van der Waals surface area contributed by atoms with Crippen LogP contribution in [0.25, 0.3) is 0 Å². The van der Waals surface area contributed by atoms with Gasteiger partial charge in [-0.1, -0.05) is 39.3 Å². The Morgan fingerprint density at radius 1 is 1.29 bits per heavy atom. The number of hydrogen-bond acceptors (Lipinski definition) is 3. The Hall–Kier alpha value is -1.20. The maximum absolute atomic E-state index is 3.92. The lowest BCUT2D eigenvalue weighted by Gasteiger charge is -2.06. The van der Waals surface area contributed by atoms with Gasteiger partial charge in [0.15, 0.2) is 0 Å². The highest BCUT2D eigenvalue weighted by atomic mass is 79.9. The predicted molar refractivity (Wildman–Crippen MR) is 70.5 cm³/mol. The third kappa shape index (κ3) is 3.94. The van der Waals surface area contributed by atoms with E-state index in [1.165, 1.54) is 5.56 Å². The lowest BCUT2D eigenvalue weighted by Crippen LogP contribution is -2.17. The van der Waals surface area contributed by atoms with Gasteiger partial charge < -0.3 is 5.32 Å². The molecule has 1 aromatic carbocycles. The molecule has 2 rings (SSSR count). The Kier molecular flexibility index (Phi) is 4.70. The largest absolute Gasteiger partial charge is 0.313 e. The molecular formula is C12H15BrN4. The zero-order chi connectivity index (χ0) is 11.9. The Labute approximate surface area is 109 Å². The van der Waals surface area contributed by atoms with Gasteiger partial charge in [-0.3, -0.25) is 4.68 Å². The van der Waals surface area contributed by atoms with E-state index in [0.717, 1.165) is 30.5 Å². The Bertz CT molecular complexity index is 442. The quantitative estimate of drug-likeness (QED) is 0.831. The van der Waals surface area contributed by atoms with Crippen molar-refractivity contribution in [3.63, 3.8) is 0 Å². The minimum Gasteiger partial charge on any atom is -0.313 e. The van der Waals surface area contributed by atoms with Gasteiger partial charge >= 0.3 is 0 Å². The van der Waals surface area contributed by atoms with Gasteiger partial charge in [0.2, 0.25) is 0 Å². The third-order valence-electron chi connectivity index (χ3n) is 2.49. The standard InChI is InChI=1S/C12H15BrN4/c13-12-5-2-1-4-11(12)10-14-6-3-8-17-9-7-15-16-17/h1-2,4-5,7,9,14H,3,6,8,10H2. The van der Waals surface area contributed by atoms with Crippen LogP contribution in [0, 0.1) is 0 Å². The van der Waals surface area contributed by atoms with Crippen molar-refractivity contribution in [2.75, 3.05) is 6.54 Å². The summed E-state index contributed by atoms with van der Waals surface area (Å²) in [5, 5.41) is 11.1. The summed E-state index contributed by atoms with van der Waals surface area (Å²) in [5.41, 5.74) is 1.29. The first kappa shape index (κ1) is 12.3. The predicted octanol–water partition coefficient (Wildman–Crippen LogP) is 2.22. The average molecular weight is 295 g/mol. The van der Waals surface area contributed by atoms with Crippen LogP contribution in [0.4, 0.5) is 0 Å². The van der Waals surface area contributed by atoms with Gasteiger partial charge in [-0.05, 0) is 24.6 Å². The van der Waals surface area contributed by atoms with E-state index in [1.54, 1.807) is 6.20 Å². The van der Waals surface area contributed by atoms with Crippen LogP contribution in [0.2, 0.25) is 0 Å². The Balaban J connectivity index is 1.65. The fraction of sp³-hybridized carbons (Fsp3) is 0.333. The maximum Gasteiger partial charge on any atom is 0.0692 e. The van der Waals surface area contributed by atoms with E-state index < -0.39 is 0 Å². The Morgan fingerprint density at radius 2 is 2.18 bits per heavy atom. The Morgan fingerprint density at radius 3 is 2.94 bits per heavy atom. The number of benzene rings is 1. The zero-order valence-electron chi connectivity index (χ0n) is 9.51. The molecule has 0 saturated heterocycles. The highest BCUT2D eigenvalue weighted by Gasteiger charge is 1.97. The highest BCUT2D eigenvalue weighted by molar-refractivity contribution is 9.10. The summed E-state index contributed by atoms with van der Waals surface area (Å²) in [4.78, 5) is 0. The monoisotopic (exact) mass is 294 g/mol. The third-order valence-corrected chi connectivity index (χ3v) is 3.26. The van der Waals surface area contributed by atoms with Crippen LogP contribution >= 0.6 is 15.9 Å². The number of aromatic nitrogens is 3. The molecule has 90 valence electrons. The number of rotatable bonds is 6. The van der Waals surface area contributed by atoms with Crippen molar-refractivity contribution < 1.29 is 0 Å². The summed E-state index contributed by atoms with van der Waals surface area (Å²) >= 11 is 3.53. The van der Waals surface area contributed by atoms with Gasteiger partial charge in [0.05, 0.1) is 6.20 Å². The molecule has 0 unspecified atom stereocenters. The molecule has 0 aliphatic carbocycles. The molecule has 5 heteroatoms. The van der Waals surface area contributed by atoms with Crippen LogP contribution in [0.5, 0.6) is 0 Å². The van der Waals surface area contributed by atoms with Crippen LogP contribution in [0.3, 0.4) is 0 Å². The van der Waals surface area contributed by atoms with Crippen molar-refractivity contribution >= 4 is 15.9 Å². The maximum atomic E-state index is 3.92. The molecule has 0 radical (unpaired) electrons. The van der Waals surface area contributed by atoms with Crippen LogP contribution < -0.4 is 5.32 Å². The zero-order valence-corrected chi connectivity index (χ0v) is 11.1. The van der Waals surface area contributed by atoms with Gasteiger partial charge in [0.1, 0.15) is 0 Å². The number of aryl methyl sites for hydroxylation is 1. The molecule has 1 N–H and O–H groups in total. The fourth-order valence-electron chi connectivity index (χ4n) is 1.58. The van der Waals surface area contributed by atoms with Crippen molar-refractivity contribution in [1.29, 1.82) is 0 Å². The summed E-state index contributed by atoms with van der Waals surface area (Å²) in [6.07, 6.45) is 4.64. The first-order valence-electron chi connectivity index (χ1n) is 5.64. The summed E-state index contributed by atoms with van der Waals surface area (Å²) in [7, 11) is 0. The molecule has 4 nitrogen and oxygen atoms in total. The minimum absolute atomic E-state index is 0.888. The van der Waals surface area contributed by atoms with E-state index in [-0.39, 0.29) is 0 Å². The van der Waals surface area contributed by atoms with E-state index in [0.29, 0.717) is 0 Å². The van der Waals surface area contributed by atoms with Gasteiger partial charge in [0, 0.05) is 23.8 Å². The molecule has 1 heterocycles. The normalized spacial score (nSPS) is 10.6. The summed E-state index contributed by atoms with van der Waals surface area (Å²) < 4.78 is 3.00. The van der Waals surface area contributed by atoms with E-state index >= 15 is 0 Å². The lowest BCUT2D eigenvalue weighted by molar-refractivity contribution is 0.530. The second-order valence-corrected chi connectivity index (χ2v) is 4.64. The van der Waals surface area contributed by atoms with Crippen molar-refractivity contribution in [2.45, 2.75) is 19.5 Å². The number of nitrogens with one attached hydrogen (secondary N) is 1. The highest BCUT2D eigenvalue weighted by Crippen LogP contribution is 2.15. The van der Waals surface area contributed by atoms with Crippen molar-refractivity contribution in [1.82, 2.24) is 20.3 Å². The molecule has 0 saturated carbocycles. The number of nitrogens with zero attached hydrogens (tertiary/aromatic N) is 3. The van der Waals surface area contributed by atoms with E-state index in [2.05, 4.69) is 49.8 Å². The van der Waals surface area contributed by atoms with Gasteiger partial charge in [0.25, 0.3) is 0 Å². The van der Waals surface area contributed by atoms with Crippen LogP contribution in [-0.2, 0) is 13.1 Å². The number of halogens is 1. The topological polar surface area (TPSA) is 42.7 Å². The SMILES string of the molecule is Brc1ccccc1CNCCCn1ccnn1. The van der Waals surface area contributed by atoms with E-state index in [1.807, 2.05) is 16.9 Å². The first-order valence-corrected chi connectivity index (χ1v) is 6.44. The van der Waals surface area contributed by atoms with Crippen LogP contribution in [0.1, 0.15) is 12.0 Å². The molecule has 17 heavy (non-hydrogen) atoms. The van der Waals surface area contributed by atoms with Crippen molar-refractivity contribution in [2.24, 2.45) is 0 Å². The smallest absolute Gasteiger partial charge is 0.0692 e. The van der Waals surface area contributed by atoms with Gasteiger partial charge in [-0.2, -0.15) is 0 Å².